The van der Waals surface area contributed by atoms with Crippen molar-refractivity contribution >= 4 is 47.4 Å². The molecule has 1 saturated heterocycles. The minimum atomic E-state index is -2.18. The zero-order valence-electron chi connectivity index (χ0n) is 39.5. The maximum Gasteiger partial charge on any atom is 0.349 e. The van der Waals surface area contributed by atoms with Crippen molar-refractivity contribution in [1.82, 2.24) is 10.6 Å². The minimum Gasteiger partial charge on any atom is -0.466 e. The quantitative estimate of drug-likeness (QED) is 0.0643. The molecule has 2 aromatic rings. The lowest BCUT2D eigenvalue weighted by Gasteiger charge is -2.62. The van der Waals surface area contributed by atoms with Crippen LogP contribution in [-0.4, -0.2) is 139 Å². The van der Waals surface area contributed by atoms with Crippen LogP contribution < -0.4 is 10.6 Å². The number of ether oxygens (including phenoxy) is 7. The molecular formula is C50H62N2O17. The van der Waals surface area contributed by atoms with E-state index >= 15 is 4.79 Å². The minimum absolute atomic E-state index is 0.0435. The average molecular weight is 963 g/mol. The number of ketones is 1. The van der Waals surface area contributed by atoms with Crippen LogP contribution in [0.2, 0.25) is 0 Å². The molecule has 2 bridgehead atoms. The number of aliphatic hydroxyl groups excluding tert-OH is 1. The second-order valence-electron chi connectivity index (χ2n) is 18.1. The summed E-state index contributed by atoms with van der Waals surface area (Å²) >= 11 is 0. The number of carbonyl (C=O) groups excluding carboxylic acids is 8. The summed E-state index contributed by atoms with van der Waals surface area (Å²) in [5.74, 6) is -8.87. The SMILES string of the molecule is CCOC(=O)CCCCCNC(=O)COCC(=O)O[C@H](CNC(=O)c1ccccc1)C(=O)O[C@H]1C[C@]2(O)[C@H](C)C(=C1C)[C@@H](OC(C)=O)C(=O)[C@@]1(C)[C@@H]([C@@H]3CO[C@@H]3C[C@@H]1O)[C@@H]2OC(=O)c1ccccc1. The Balaban J connectivity index is 1.26. The molecule has 0 aromatic heterocycles. The molecule has 11 atom stereocenters. The molecule has 4 N–H and O–H groups in total. The van der Waals surface area contributed by atoms with Gasteiger partial charge < -0.3 is 54.0 Å². The summed E-state index contributed by atoms with van der Waals surface area (Å²) in [5.41, 5.74) is -3.34. The number of aliphatic hydroxyl groups is 2. The standard InChI is InChI=1S/C50H62N2O17/c1-6-64-39(56)20-14-9-15-21-51-38(55)26-63-27-40(57)67-36(24-52-46(59)31-16-10-7-11-17-31)48(61)68-35-23-50(62)29(3)41(28(35)2)43(66-30(4)53)44(58)49(5)37(54)22-34-33(25-65-34)42(49)45(50)69-47(60)32-18-12-8-13-19-32/h7-8,10-13,16-19,29,33-37,42-43,45,54,62H,6,9,14-15,20-27H2,1-5H3,(H,51,55)(H,52,59)/t29-,33-,34-,35+,36-,37+,42+,43-,45+,49-,50+/m1/s1. The van der Waals surface area contributed by atoms with Crippen LogP contribution in [0.25, 0.3) is 0 Å². The topological polar surface area (TPSA) is 266 Å². The maximum atomic E-state index is 15.2. The Bertz CT molecular complexity index is 2250. The molecular weight excluding hydrogens is 901 g/mol. The monoisotopic (exact) mass is 962 g/mol. The lowest BCUT2D eigenvalue weighted by atomic mass is 9.48. The van der Waals surface area contributed by atoms with E-state index in [4.69, 9.17) is 33.2 Å². The van der Waals surface area contributed by atoms with Gasteiger partial charge in [-0.05, 0) is 69.0 Å². The molecule has 0 unspecified atom stereocenters. The summed E-state index contributed by atoms with van der Waals surface area (Å²) in [6.07, 6.45) is -6.79. The van der Waals surface area contributed by atoms with Gasteiger partial charge in [0.2, 0.25) is 12.0 Å². The largest absolute Gasteiger partial charge is 0.466 e. The number of hydrogen-bond donors (Lipinski definition) is 4. The Morgan fingerprint density at radius 3 is 2.20 bits per heavy atom. The van der Waals surface area contributed by atoms with Gasteiger partial charge in [-0.2, -0.15) is 0 Å². The van der Waals surface area contributed by atoms with Gasteiger partial charge in [-0.3, -0.25) is 24.0 Å². The lowest BCUT2D eigenvalue weighted by Crippen LogP contribution is -2.73. The Hall–Kier alpha value is -6.02. The first kappa shape index (κ1) is 52.4. The molecule has 2 amide bonds. The predicted octanol–water partition coefficient (Wildman–Crippen LogP) is 2.73. The van der Waals surface area contributed by atoms with E-state index in [-0.39, 0.29) is 47.7 Å². The van der Waals surface area contributed by atoms with Gasteiger partial charge in [-0.25, -0.2) is 14.4 Å². The summed E-state index contributed by atoms with van der Waals surface area (Å²) in [6, 6.07) is 16.0. The third kappa shape index (κ3) is 11.9. The van der Waals surface area contributed by atoms with E-state index in [1.165, 1.54) is 38.1 Å². The number of rotatable bonds is 20. The molecule has 3 aliphatic carbocycles. The van der Waals surface area contributed by atoms with Crippen molar-refractivity contribution in [3.63, 3.8) is 0 Å². The number of carbonyl (C=O) groups is 8. The highest BCUT2D eigenvalue weighted by molar-refractivity contribution is 5.96. The van der Waals surface area contributed by atoms with Crippen molar-refractivity contribution in [2.75, 3.05) is 39.5 Å². The van der Waals surface area contributed by atoms with E-state index in [1.54, 1.807) is 50.2 Å². The van der Waals surface area contributed by atoms with Crippen LogP contribution in [0.5, 0.6) is 0 Å². The third-order valence-corrected chi connectivity index (χ3v) is 13.8. The van der Waals surface area contributed by atoms with Gasteiger partial charge in [0.05, 0.1) is 42.9 Å². The summed E-state index contributed by atoms with van der Waals surface area (Å²) in [4.78, 5) is 107. The predicted molar refractivity (Wildman–Crippen MR) is 241 cm³/mol. The number of benzene rings is 2. The van der Waals surface area contributed by atoms with E-state index in [1.807, 2.05) is 0 Å². The van der Waals surface area contributed by atoms with Gasteiger partial charge in [0.15, 0.2) is 11.9 Å². The van der Waals surface area contributed by atoms with Crippen LogP contribution >= 0.6 is 0 Å². The fourth-order valence-electron chi connectivity index (χ4n) is 9.99. The van der Waals surface area contributed by atoms with Crippen molar-refractivity contribution in [3.8, 4) is 0 Å². The maximum absolute atomic E-state index is 15.2. The number of nitrogens with one attached hydrogen (secondary N) is 2. The molecule has 19 nitrogen and oxygen atoms in total. The first-order valence-corrected chi connectivity index (χ1v) is 23.3. The van der Waals surface area contributed by atoms with Crippen LogP contribution in [0.4, 0.5) is 0 Å². The van der Waals surface area contributed by atoms with E-state index in [2.05, 4.69) is 10.6 Å². The second-order valence-corrected chi connectivity index (χ2v) is 18.1. The summed E-state index contributed by atoms with van der Waals surface area (Å²) in [7, 11) is 0. The van der Waals surface area contributed by atoms with Crippen LogP contribution in [0.15, 0.2) is 71.8 Å². The van der Waals surface area contributed by atoms with E-state index in [0.29, 0.717) is 32.4 Å². The highest BCUT2D eigenvalue weighted by Gasteiger charge is 2.70. The van der Waals surface area contributed by atoms with Crippen molar-refractivity contribution < 1.29 is 81.7 Å². The summed E-state index contributed by atoms with van der Waals surface area (Å²) < 4.78 is 39.7. The van der Waals surface area contributed by atoms with Crippen LogP contribution in [-0.2, 0) is 61.9 Å². The van der Waals surface area contributed by atoms with Gasteiger partial charge in [0.25, 0.3) is 5.91 Å². The molecule has 3 fully saturated rings. The number of fused-ring (bicyclic) bond motifs is 5. The van der Waals surface area contributed by atoms with Crippen LogP contribution in [0.1, 0.15) is 93.9 Å². The summed E-state index contributed by atoms with van der Waals surface area (Å²) in [5, 5.41) is 30.4. The van der Waals surface area contributed by atoms with Gasteiger partial charge >= 0.3 is 29.8 Å². The Kier molecular flexibility index (Phi) is 17.5. The molecule has 0 spiro atoms. The third-order valence-electron chi connectivity index (χ3n) is 13.8. The molecule has 1 aliphatic heterocycles. The van der Waals surface area contributed by atoms with Gasteiger partial charge in [0, 0.05) is 56.0 Å². The van der Waals surface area contributed by atoms with Crippen molar-refractivity contribution in [2.45, 2.75) is 115 Å². The molecule has 2 aromatic carbocycles. The highest BCUT2D eigenvalue weighted by atomic mass is 16.6. The highest BCUT2D eigenvalue weighted by Crippen LogP contribution is 2.59. The molecule has 19 heteroatoms. The number of esters is 5. The van der Waals surface area contributed by atoms with Crippen molar-refractivity contribution in [3.05, 3.63) is 82.9 Å². The number of hydrogen-bond acceptors (Lipinski definition) is 17. The lowest BCUT2D eigenvalue weighted by molar-refractivity contribution is -0.269. The van der Waals surface area contributed by atoms with Gasteiger partial charge in [0.1, 0.15) is 31.0 Å². The Morgan fingerprint density at radius 1 is 0.884 bits per heavy atom. The number of amides is 2. The van der Waals surface area contributed by atoms with E-state index < -0.39 is 133 Å². The van der Waals surface area contributed by atoms with Crippen molar-refractivity contribution in [2.24, 2.45) is 23.2 Å². The Labute approximate surface area is 399 Å². The average Bonchev–Trinajstić information content (AvgIpc) is 3.31. The van der Waals surface area contributed by atoms with Crippen molar-refractivity contribution in [1.29, 1.82) is 0 Å². The van der Waals surface area contributed by atoms with E-state index in [9.17, 15) is 43.8 Å². The normalized spacial score (nSPS) is 28.4. The molecule has 0 radical (unpaired) electrons. The molecule has 69 heavy (non-hydrogen) atoms. The first-order chi connectivity index (χ1) is 32.9. The fraction of sp³-hybridized carbons (Fsp3) is 0.560. The smallest absolute Gasteiger partial charge is 0.349 e. The zero-order valence-corrected chi connectivity index (χ0v) is 39.5. The summed E-state index contributed by atoms with van der Waals surface area (Å²) in [6.45, 7) is 6.21. The van der Waals surface area contributed by atoms with Crippen LogP contribution in [0.3, 0.4) is 0 Å². The van der Waals surface area contributed by atoms with E-state index in [0.717, 1.165) is 6.92 Å². The molecule has 6 rings (SSSR count). The second kappa shape index (κ2) is 23.1. The number of unbranched alkanes of at least 4 members (excludes halogenated alkanes) is 2. The van der Waals surface area contributed by atoms with Gasteiger partial charge in [-0.15, -0.1) is 0 Å². The molecule has 374 valence electrons. The molecule has 1 heterocycles. The molecule has 4 aliphatic rings. The van der Waals surface area contributed by atoms with Gasteiger partial charge in [-0.1, -0.05) is 49.7 Å². The fourth-order valence-corrected chi connectivity index (χ4v) is 9.99. The van der Waals surface area contributed by atoms with Crippen LogP contribution in [0, 0.1) is 23.2 Å². The number of Topliss-reactive ketones (excluding diaryl/α,β-unsaturated/α-hetero) is 1. The Morgan fingerprint density at radius 2 is 1.57 bits per heavy atom. The first-order valence-electron chi connectivity index (χ1n) is 23.3. The zero-order chi connectivity index (χ0) is 50.0. The molecule has 2 saturated carbocycles.